The van der Waals surface area contributed by atoms with Gasteiger partial charge in [0, 0.05) is 23.4 Å². The topological polar surface area (TPSA) is 73.9 Å². The molecule has 1 amide bonds. The Morgan fingerprint density at radius 1 is 1.04 bits per heavy atom. The van der Waals surface area contributed by atoms with Gasteiger partial charge in [-0.1, -0.05) is 6.92 Å². The molecular weight excluding hydrogens is 346 g/mol. The Balaban J connectivity index is 1.99. The third-order valence-corrected chi connectivity index (χ3v) is 3.68. The van der Waals surface area contributed by atoms with E-state index in [1.165, 1.54) is 6.08 Å². The molecule has 0 spiro atoms. The van der Waals surface area contributed by atoms with Crippen LogP contribution in [0.5, 0.6) is 11.5 Å². The van der Waals surface area contributed by atoms with E-state index in [0.717, 1.165) is 12.0 Å². The zero-order valence-electron chi connectivity index (χ0n) is 15.7. The molecule has 0 saturated carbocycles. The number of carbonyl (C=O) groups is 2. The van der Waals surface area contributed by atoms with E-state index in [2.05, 4.69) is 5.32 Å². The summed E-state index contributed by atoms with van der Waals surface area (Å²) in [5.74, 6) is 0.606. The third kappa shape index (κ3) is 5.88. The Labute approximate surface area is 158 Å². The second kappa shape index (κ2) is 10.0. The van der Waals surface area contributed by atoms with Crippen LogP contribution in [0.1, 0.15) is 29.3 Å². The number of rotatable bonds is 8. The molecule has 0 aliphatic rings. The Morgan fingerprint density at radius 3 is 2.41 bits per heavy atom. The maximum Gasteiger partial charge on any atom is 0.338 e. The zero-order valence-corrected chi connectivity index (χ0v) is 15.7. The van der Waals surface area contributed by atoms with Gasteiger partial charge in [0.25, 0.3) is 0 Å². The molecule has 2 rings (SSSR count). The number of hydrogen-bond donors (Lipinski definition) is 1. The molecular formula is C21H23NO5. The van der Waals surface area contributed by atoms with Gasteiger partial charge in [0.05, 0.1) is 26.4 Å². The first-order valence-corrected chi connectivity index (χ1v) is 8.55. The predicted octanol–water partition coefficient (Wildman–Crippen LogP) is 3.92. The maximum atomic E-state index is 12.1. The third-order valence-electron chi connectivity index (χ3n) is 3.68. The first kappa shape index (κ1) is 20.0. The molecule has 27 heavy (non-hydrogen) atoms. The average molecular weight is 369 g/mol. The van der Waals surface area contributed by atoms with Crippen LogP contribution in [0, 0.1) is 0 Å². The molecule has 6 heteroatoms. The van der Waals surface area contributed by atoms with E-state index in [1.54, 1.807) is 62.8 Å². The van der Waals surface area contributed by atoms with Crippen LogP contribution in [0.2, 0.25) is 0 Å². The van der Waals surface area contributed by atoms with Crippen molar-refractivity contribution in [1.29, 1.82) is 0 Å². The molecule has 0 atom stereocenters. The molecule has 2 aromatic rings. The Morgan fingerprint density at radius 2 is 1.78 bits per heavy atom. The zero-order chi connectivity index (χ0) is 19.6. The van der Waals surface area contributed by atoms with Gasteiger partial charge >= 0.3 is 5.97 Å². The number of hydrogen-bond acceptors (Lipinski definition) is 5. The van der Waals surface area contributed by atoms with Crippen molar-refractivity contribution in [2.45, 2.75) is 13.3 Å². The predicted molar refractivity (Wildman–Crippen MR) is 104 cm³/mol. The quantitative estimate of drug-likeness (QED) is 0.564. The molecule has 0 heterocycles. The normalized spacial score (nSPS) is 10.5. The van der Waals surface area contributed by atoms with E-state index >= 15 is 0 Å². The molecule has 0 bridgehead atoms. The van der Waals surface area contributed by atoms with E-state index < -0.39 is 0 Å². The number of nitrogens with one attached hydrogen (secondary N) is 1. The van der Waals surface area contributed by atoms with Crippen molar-refractivity contribution < 1.29 is 23.8 Å². The second-order valence-electron chi connectivity index (χ2n) is 5.64. The summed E-state index contributed by atoms with van der Waals surface area (Å²) in [5, 5.41) is 2.74. The number of anilines is 1. The first-order valence-electron chi connectivity index (χ1n) is 8.55. The summed E-state index contributed by atoms with van der Waals surface area (Å²) in [6.45, 7) is 2.32. The van der Waals surface area contributed by atoms with Crippen molar-refractivity contribution in [2.75, 3.05) is 26.1 Å². The molecule has 0 aliphatic heterocycles. The molecule has 1 N–H and O–H groups in total. The highest BCUT2D eigenvalue weighted by molar-refractivity contribution is 6.02. The first-order chi connectivity index (χ1) is 13.1. The van der Waals surface area contributed by atoms with Crippen molar-refractivity contribution >= 4 is 23.6 Å². The fraction of sp³-hybridized carbons (Fsp3) is 0.238. The van der Waals surface area contributed by atoms with Gasteiger partial charge in [-0.2, -0.15) is 0 Å². The van der Waals surface area contributed by atoms with Gasteiger partial charge in [-0.15, -0.1) is 0 Å². The van der Waals surface area contributed by atoms with Gasteiger partial charge in [-0.25, -0.2) is 4.79 Å². The fourth-order valence-electron chi connectivity index (χ4n) is 2.27. The summed E-state index contributed by atoms with van der Waals surface area (Å²) in [5.41, 5.74) is 1.78. The highest BCUT2D eigenvalue weighted by atomic mass is 16.5. The van der Waals surface area contributed by atoms with Gasteiger partial charge in [0.2, 0.25) is 5.91 Å². The SMILES string of the molecule is CCCOC(=O)c1ccc(NC(=O)/C=C/c2ccc(OC)cc2OC)cc1. The number of carbonyl (C=O) groups excluding carboxylic acids is 2. The van der Waals surface area contributed by atoms with Crippen LogP contribution in [0.3, 0.4) is 0 Å². The van der Waals surface area contributed by atoms with E-state index in [0.29, 0.717) is 29.4 Å². The molecule has 0 saturated heterocycles. The molecule has 0 aromatic heterocycles. The monoisotopic (exact) mass is 369 g/mol. The highest BCUT2D eigenvalue weighted by Gasteiger charge is 2.07. The fourth-order valence-corrected chi connectivity index (χ4v) is 2.27. The molecule has 0 aliphatic carbocycles. The molecule has 0 fully saturated rings. The molecule has 0 unspecified atom stereocenters. The van der Waals surface area contributed by atoms with Crippen LogP contribution in [-0.2, 0) is 9.53 Å². The lowest BCUT2D eigenvalue weighted by Crippen LogP contribution is -2.09. The highest BCUT2D eigenvalue weighted by Crippen LogP contribution is 2.25. The Hall–Kier alpha value is -3.28. The van der Waals surface area contributed by atoms with Crippen molar-refractivity contribution in [3.8, 4) is 11.5 Å². The second-order valence-corrected chi connectivity index (χ2v) is 5.64. The van der Waals surface area contributed by atoms with E-state index in [-0.39, 0.29) is 11.9 Å². The molecule has 0 radical (unpaired) electrons. The van der Waals surface area contributed by atoms with Crippen molar-refractivity contribution in [1.82, 2.24) is 0 Å². The van der Waals surface area contributed by atoms with Crippen LogP contribution in [0.4, 0.5) is 5.69 Å². The largest absolute Gasteiger partial charge is 0.497 e. The van der Waals surface area contributed by atoms with Gasteiger partial charge in [0.1, 0.15) is 11.5 Å². The summed E-state index contributed by atoms with van der Waals surface area (Å²) >= 11 is 0. The summed E-state index contributed by atoms with van der Waals surface area (Å²) in [4.78, 5) is 23.9. The lowest BCUT2D eigenvalue weighted by atomic mass is 10.1. The van der Waals surface area contributed by atoms with Gasteiger partial charge in [0.15, 0.2) is 0 Å². The summed E-state index contributed by atoms with van der Waals surface area (Å²) in [7, 11) is 3.13. The Bertz CT molecular complexity index is 812. The van der Waals surface area contributed by atoms with Gasteiger partial charge in [-0.3, -0.25) is 4.79 Å². The Kier molecular flexibility index (Phi) is 7.43. The van der Waals surface area contributed by atoms with Crippen molar-refractivity contribution in [2.24, 2.45) is 0 Å². The standard InChI is InChI=1S/C21H23NO5/c1-4-13-27-21(24)16-5-9-17(10-6-16)22-20(23)12-8-15-7-11-18(25-2)14-19(15)26-3/h5-12,14H,4,13H2,1-3H3,(H,22,23)/b12-8+. The van der Waals surface area contributed by atoms with E-state index in [9.17, 15) is 9.59 Å². The summed E-state index contributed by atoms with van der Waals surface area (Å²) in [6.07, 6.45) is 3.84. The number of amides is 1. The molecule has 142 valence electrons. The minimum atomic E-state index is -0.374. The number of ether oxygens (including phenoxy) is 3. The van der Waals surface area contributed by atoms with Gasteiger partial charge < -0.3 is 19.5 Å². The van der Waals surface area contributed by atoms with E-state index in [1.807, 2.05) is 6.92 Å². The van der Waals surface area contributed by atoms with Crippen LogP contribution in [0.25, 0.3) is 6.08 Å². The van der Waals surface area contributed by atoms with Crippen LogP contribution in [-0.4, -0.2) is 32.7 Å². The maximum absolute atomic E-state index is 12.1. The average Bonchev–Trinajstić information content (AvgIpc) is 2.70. The molecule has 6 nitrogen and oxygen atoms in total. The summed E-state index contributed by atoms with van der Waals surface area (Å²) < 4.78 is 15.5. The van der Waals surface area contributed by atoms with Crippen LogP contribution in [0.15, 0.2) is 48.5 Å². The lowest BCUT2D eigenvalue weighted by molar-refractivity contribution is -0.111. The number of benzene rings is 2. The number of methoxy groups -OCH3 is 2. The van der Waals surface area contributed by atoms with Crippen molar-refractivity contribution in [3.63, 3.8) is 0 Å². The number of esters is 1. The minimum absolute atomic E-state index is 0.297. The summed E-state index contributed by atoms with van der Waals surface area (Å²) in [6, 6.07) is 11.9. The van der Waals surface area contributed by atoms with Crippen molar-refractivity contribution in [3.05, 3.63) is 59.7 Å². The van der Waals surface area contributed by atoms with E-state index in [4.69, 9.17) is 14.2 Å². The molecule has 2 aromatic carbocycles. The lowest BCUT2D eigenvalue weighted by Gasteiger charge is -2.07. The van der Waals surface area contributed by atoms with Crippen LogP contribution < -0.4 is 14.8 Å². The van der Waals surface area contributed by atoms with Crippen LogP contribution >= 0.6 is 0 Å². The smallest absolute Gasteiger partial charge is 0.338 e. The minimum Gasteiger partial charge on any atom is -0.497 e. The van der Waals surface area contributed by atoms with Gasteiger partial charge in [-0.05, 0) is 48.9 Å².